The minimum Gasteiger partial charge on any atom is -0.467 e. The Labute approximate surface area is 175 Å². The minimum absolute atomic E-state index is 0.127. The number of ether oxygens (including phenoxy) is 1. The number of carbonyl (C=O) groups is 1. The van der Waals surface area contributed by atoms with Gasteiger partial charge in [-0.1, -0.05) is 66.7 Å². The highest BCUT2D eigenvalue weighted by Gasteiger charge is 2.51. The van der Waals surface area contributed by atoms with Gasteiger partial charge in [-0.15, -0.1) is 0 Å². The molecule has 7 heteroatoms. The van der Waals surface area contributed by atoms with Crippen molar-refractivity contribution in [1.82, 2.24) is 0 Å². The van der Waals surface area contributed by atoms with Crippen LogP contribution in [0.1, 0.15) is 5.56 Å². The van der Waals surface area contributed by atoms with E-state index < -0.39 is 27.1 Å². The van der Waals surface area contributed by atoms with E-state index in [4.69, 9.17) is 4.74 Å². The van der Waals surface area contributed by atoms with E-state index in [-0.39, 0.29) is 4.90 Å². The van der Waals surface area contributed by atoms with Gasteiger partial charge in [-0.3, -0.25) is 0 Å². The molecule has 0 aliphatic carbocycles. The lowest BCUT2D eigenvalue weighted by Gasteiger charge is -2.25. The van der Waals surface area contributed by atoms with Crippen molar-refractivity contribution in [3.63, 3.8) is 0 Å². The maximum Gasteiger partial charge on any atom is 0.332 e. The summed E-state index contributed by atoms with van der Waals surface area (Å²) in [5.74, 6) is -0.668. The Bertz CT molecular complexity index is 1160. The van der Waals surface area contributed by atoms with Crippen molar-refractivity contribution < 1.29 is 17.9 Å². The van der Waals surface area contributed by atoms with Gasteiger partial charge in [0.1, 0.15) is 5.25 Å². The van der Waals surface area contributed by atoms with Gasteiger partial charge >= 0.3 is 5.97 Å². The topological polar surface area (TPSA) is 76.0 Å². The quantitative estimate of drug-likeness (QED) is 0.592. The Morgan fingerprint density at radius 3 is 1.97 bits per heavy atom. The van der Waals surface area contributed by atoms with Crippen molar-refractivity contribution in [2.24, 2.45) is 5.10 Å². The molecule has 0 bridgehead atoms. The van der Waals surface area contributed by atoms with Gasteiger partial charge in [-0.05, 0) is 29.8 Å². The lowest BCUT2D eigenvalue weighted by molar-refractivity contribution is -0.141. The maximum absolute atomic E-state index is 13.7. The van der Waals surface area contributed by atoms with Crippen LogP contribution in [0, 0.1) is 0 Å². The average molecular weight is 420 g/mol. The molecular formula is C23H20N2O4S. The van der Waals surface area contributed by atoms with Gasteiger partial charge in [0, 0.05) is 0 Å². The Morgan fingerprint density at radius 1 is 0.867 bits per heavy atom. The predicted octanol–water partition coefficient (Wildman–Crippen LogP) is 3.30. The summed E-state index contributed by atoms with van der Waals surface area (Å²) in [4.78, 5) is 13.0. The third-order valence-corrected chi connectivity index (χ3v) is 7.05. The van der Waals surface area contributed by atoms with Crippen LogP contribution >= 0.6 is 0 Å². The number of rotatable bonds is 5. The molecule has 2 unspecified atom stereocenters. The lowest BCUT2D eigenvalue weighted by atomic mass is 10.0. The second-order valence-electron chi connectivity index (χ2n) is 6.78. The van der Waals surface area contributed by atoms with Gasteiger partial charge in [-0.2, -0.15) is 5.10 Å². The summed E-state index contributed by atoms with van der Waals surface area (Å²) in [5.41, 5.74) is 1.54. The van der Waals surface area contributed by atoms with E-state index in [9.17, 15) is 13.2 Å². The zero-order valence-corrected chi connectivity index (χ0v) is 17.1. The van der Waals surface area contributed by atoms with E-state index in [1.807, 2.05) is 24.3 Å². The number of anilines is 1. The predicted molar refractivity (Wildman–Crippen MR) is 115 cm³/mol. The summed E-state index contributed by atoms with van der Waals surface area (Å²) in [6.45, 7) is 0. The van der Waals surface area contributed by atoms with Crippen LogP contribution in [0.25, 0.3) is 0 Å². The summed E-state index contributed by atoms with van der Waals surface area (Å²) < 4.78 is 32.4. The number of benzene rings is 3. The van der Waals surface area contributed by atoms with E-state index in [1.165, 1.54) is 24.3 Å². The molecule has 1 aliphatic heterocycles. The van der Waals surface area contributed by atoms with Crippen molar-refractivity contribution in [1.29, 1.82) is 0 Å². The molecule has 0 saturated heterocycles. The molecule has 0 N–H and O–H groups in total. The van der Waals surface area contributed by atoms with Crippen molar-refractivity contribution in [2.75, 3.05) is 12.1 Å². The van der Waals surface area contributed by atoms with Crippen molar-refractivity contribution >= 4 is 27.2 Å². The number of nitrogens with zero attached hydrogens (tertiary/aromatic N) is 2. The maximum atomic E-state index is 13.7. The fourth-order valence-electron chi connectivity index (χ4n) is 3.56. The first-order chi connectivity index (χ1) is 14.5. The average Bonchev–Trinajstić information content (AvgIpc) is 3.22. The minimum atomic E-state index is -3.95. The Morgan fingerprint density at radius 2 is 1.40 bits per heavy atom. The summed E-state index contributed by atoms with van der Waals surface area (Å²) in [6, 6.07) is 25.0. The van der Waals surface area contributed by atoms with Gasteiger partial charge in [0.25, 0.3) is 0 Å². The Balaban J connectivity index is 1.94. The van der Waals surface area contributed by atoms with Crippen molar-refractivity contribution in [3.8, 4) is 0 Å². The van der Waals surface area contributed by atoms with E-state index in [0.29, 0.717) is 17.0 Å². The molecule has 3 aromatic carbocycles. The number of esters is 1. The molecule has 2 atom stereocenters. The molecule has 0 amide bonds. The number of para-hydroxylation sites is 1. The highest BCUT2D eigenvalue weighted by atomic mass is 32.2. The molecule has 0 spiro atoms. The fourth-order valence-corrected chi connectivity index (χ4v) is 5.43. The highest BCUT2D eigenvalue weighted by Crippen LogP contribution is 2.34. The number of carbonyl (C=O) groups excluding carboxylic acids is 1. The molecule has 0 fully saturated rings. The number of hydrazone groups is 1. The molecule has 3 aromatic rings. The number of methoxy groups -OCH3 is 1. The standard InChI is InChI=1S/C23H20N2O4S/c1-29-23(26)21-22(30(27,28)19-15-9-4-10-16-19)20(17-11-5-2-6-12-17)24-25(21)18-13-7-3-8-14-18/h2-16,21-22H,1H3. The van der Waals surface area contributed by atoms with Crippen LogP contribution in [0.3, 0.4) is 0 Å². The van der Waals surface area contributed by atoms with Gasteiger partial charge < -0.3 is 4.74 Å². The van der Waals surface area contributed by atoms with Crippen molar-refractivity contribution in [3.05, 3.63) is 96.6 Å². The summed E-state index contributed by atoms with van der Waals surface area (Å²) in [7, 11) is -2.71. The lowest BCUT2D eigenvalue weighted by Crippen LogP contribution is -2.48. The number of hydrogen-bond donors (Lipinski definition) is 0. The SMILES string of the molecule is COC(=O)C1C(S(=O)(=O)c2ccccc2)C(c2ccccc2)=NN1c1ccccc1. The molecule has 152 valence electrons. The molecule has 0 aromatic heterocycles. The summed E-state index contributed by atoms with van der Waals surface area (Å²) >= 11 is 0. The number of sulfone groups is 1. The molecule has 0 saturated carbocycles. The van der Waals surface area contributed by atoms with E-state index in [2.05, 4.69) is 5.10 Å². The summed E-state index contributed by atoms with van der Waals surface area (Å²) in [5, 5.41) is 4.84. The highest BCUT2D eigenvalue weighted by molar-refractivity contribution is 7.93. The second-order valence-corrected chi connectivity index (χ2v) is 8.85. The first kappa shape index (κ1) is 19.8. The molecule has 30 heavy (non-hydrogen) atoms. The van der Waals surface area contributed by atoms with Gasteiger partial charge in [-0.25, -0.2) is 18.2 Å². The van der Waals surface area contributed by atoms with Gasteiger partial charge in [0.05, 0.1) is 23.4 Å². The zero-order valence-electron chi connectivity index (χ0n) is 16.3. The van der Waals surface area contributed by atoms with E-state index in [0.717, 1.165) is 0 Å². The Hall–Kier alpha value is -3.45. The number of hydrogen-bond acceptors (Lipinski definition) is 6. The smallest absolute Gasteiger partial charge is 0.332 e. The molecule has 1 aliphatic rings. The van der Waals surface area contributed by atoms with Crippen LogP contribution in [0.4, 0.5) is 5.69 Å². The zero-order chi connectivity index (χ0) is 21.1. The van der Waals surface area contributed by atoms with Crippen LogP contribution in [0.15, 0.2) is 101 Å². The van der Waals surface area contributed by atoms with E-state index >= 15 is 0 Å². The van der Waals surface area contributed by atoms with Crippen LogP contribution in [-0.2, 0) is 19.4 Å². The molecule has 0 radical (unpaired) electrons. The second kappa shape index (κ2) is 8.12. The fraction of sp³-hybridized carbons (Fsp3) is 0.130. The molecule has 4 rings (SSSR count). The van der Waals surface area contributed by atoms with Gasteiger partial charge in [0.2, 0.25) is 0 Å². The van der Waals surface area contributed by atoms with Gasteiger partial charge in [0.15, 0.2) is 15.9 Å². The van der Waals surface area contributed by atoms with Crippen LogP contribution in [-0.4, -0.2) is 38.5 Å². The van der Waals surface area contributed by atoms with E-state index in [1.54, 1.807) is 54.6 Å². The first-order valence-electron chi connectivity index (χ1n) is 9.39. The summed E-state index contributed by atoms with van der Waals surface area (Å²) in [6.07, 6.45) is 0. The van der Waals surface area contributed by atoms with Crippen LogP contribution in [0.5, 0.6) is 0 Å². The third kappa shape index (κ3) is 3.48. The Kier molecular flexibility index (Phi) is 5.37. The molecule has 1 heterocycles. The molecule has 6 nitrogen and oxygen atoms in total. The molecular weight excluding hydrogens is 400 g/mol. The first-order valence-corrected chi connectivity index (χ1v) is 10.9. The third-order valence-electron chi connectivity index (χ3n) is 4.97. The van der Waals surface area contributed by atoms with Crippen molar-refractivity contribution in [2.45, 2.75) is 16.2 Å². The normalized spacial score (nSPS) is 18.7. The largest absolute Gasteiger partial charge is 0.467 e. The van der Waals surface area contributed by atoms with Crippen LogP contribution in [0.2, 0.25) is 0 Å². The van der Waals surface area contributed by atoms with Crippen LogP contribution < -0.4 is 5.01 Å². The monoisotopic (exact) mass is 420 g/mol.